The van der Waals surface area contributed by atoms with Gasteiger partial charge in [-0.2, -0.15) is 0 Å². The molecule has 5 rings (SSSR count). The summed E-state index contributed by atoms with van der Waals surface area (Å²) in [6.07, 6.45) is 3.15. The van der Waals surface area contributed by atoms with E-state index in [4.69, 9.17) is 9.47 Å². The van der Waals surface area contributed by atoms with Crippen LogP contribution in [-0.4, -0.2) is 51.4 Å². The van der Waals surface area contributed by atoms with Crippen LogP contribution in [0.15, 0.2) is 128 Å². The molecule has 3 amide bonds. The molecule has 2 atom stereocenters. The standard InChI is InChI=1S/C39H41N5O5/c1-29(21-30-11-5-2-6-12-30)42-37(45)25-44(24-31-17-19-35(20-18-31)48-26-32-13-7-3-8-14-32)38(46)36(22-34-23-40-28-41-34)43-39(47)49-27-33-15-9-4-10-16-33/h2-20,23,28-29,36H,21-22,24-27H2,1H3,(H,40,41)(H,42,45)(H,43,47)/t29-,36-/m0/s1. The number of carbonyl (C=O) groups excluding carboxylic acids is 3. The van der Waals surface area contributed by atoms with E-state index in [1.54, 1.807) is 6.20 Å². The SMILES string of the molecule is C[C@@H](Cc1ccccc1)NC(=O)CN(Cc1ccc(OCc2ccccc2)cc1)C(=O)[C@H](Cc1c[nH]cn1)NC(=O)OCc1ccccc1. The van der Waals surface area contributed by atoms with Crippen molar-refractivity contribution in [2.24, 2.45) is 0 Å². The van der Waals surface area contributed by atoms with Gasteiger partial charge in [-0.25, -0.2) is 9.78 Å². The Bertz CT molecular complexity index is 1730. The van der Waals surface area contributed by atoms with E-state index in [2.05, 4.69) is 20.6 Å². The molecule has 0 spiro atoms. The zero-order valence-electron chi connectivity index (χ0n) is 27.5. The van der Waals surface area contributed by atoms with E-state index in [1.807, 2.05) is 122 Å². The first-order chi connectivity index (χ1) is 23.9. The fourth-order valence-corrected chi connectivity index (χ4v) is 5.32. The number of rotatable bonds is 16. The molecule has 0 saturated carbocycles. The maximum Gasteiger partial charge on any atom is 0.408 e. The highest BCUT2D eigenvalue weighted by molar-refractivity contribution is 5.89. The number of hydrogen-bond acceptors (Lipinski definition) is 6. The number of nitrogens with one attached hydrogen (secondary N) is 3. The fraction of sp³-hybridized carbons (Fsp3) is 0.231. The minimum absolute atomic E-state index is 0.0418. The van der Waals surface area contributed by atoms with Crippen molar-refractivity contribution in [3.63, 3.8) is 0 Å². The van der Waals surface area contributed by atoms with Crippen LogP contribution >= 0.6 is 0 Å². The van der Waals surface area contributed by atoms with Gasteiger partial charge >= 0.3 is 6.09 Å². The Morgan fingerprint density at radius 3 is 1.96 bits per heavy atom. The number of hydrogen-bond donors (Lipinski definition) is 3. The van der Waals surface area contributed by atoms with Gasteiger partial charge in [0.2, 0.25) is 11.8 Å². The summed E-state index contributed by atoms with van der Waals surface area (Å²) in [5.41, 5.74) is 4.31. The molecule has 49 heavy (non-hydrogen) atoms. The number of aromatic amines is 1. The molecule has 10 heteroatoms. The lowest BCUT2D eigenvalue weighted by molar-refractivity contribution is -0.138. The number of carbonyl (C=O) groups is 3. The smallest absolute Gasteiger partial charge is 0.408 e. The van der Waals surface area contributed by atoms with Crippen molar-refractivity contribution in [3.05, 3.63) is 156 Å². The van der Waals surface area contributed by atoms with Gasteiger partial charge in [0, 0.05) is 25.2 Å². The van der Waals surface area contributed by atoms with Gasteiger partial charge in [0.15, 0.2) is 0 Å². The van der Waals surface area contributed by atoms with E-state index in [0.29, 0.717) is 24.5 Å². The monoisotopic (exact) mass is 659 g/mol. The predicted molar refractivity (Wildman–Crippen MR) is 186 cm³/mol. The number of amides is 3. The Kier molecular flexibility index (Phi) is 12.6. The summed E-state index contributed by atoms with van der Waals surface area (Å²) < 4.78 is 11.4. The van der Waals surface area contributed by atoms with Crippen LogP contribution in [0, 0.1) is 0 Å². The number of nitrogens with zero attached hydrogens (tertiary/aromatic N) is 2. The molecule has 0 aliphatic rings. The molecule has 252 valence electrons. The van der Waals surface area contributed by atoms with Gasteiger partial charge in [-0.1, -0.05) is 103 Å². The van der Waals surface area contributed by atoms with Crippen molar-refractivity contribution in [3.8, 4) is 5.75 Å². The first-order valence-electron chi connectivity index (χ1n) is 16.2. The molecule has 1 heterocycles. The summed E-state index contributed by atoms with van der Waals surface area (Å²) in [6.45, 7) is 2.29. The molecule has 0 aliphatic carbocycles. The summed E-state index contributed by atoms with van der Waals surface area (Å²) >= 11 is 0. The van der Waals surface area contributed by atoms with Crippen molar-refractivity contribution in [1.29, 1.82) is 0 Å². The van der Waals surface area contributed by atoms with Crippen LogP contribution in [0.3, 0.4) is 0 Å². The Hall–Kier alpha value is -5.90. The molecule has 4 aromatic carbocycles. The van der Waals surface area contributed by atoms with Crippen LogP contribution in [0.4, 0.5) is 4.79 Å². The second-order valence-corrected chi connectivity index (χ2v) is 11.8. The molecule has 0 aliphatic heterocycles. The molecule has 10 nitrogen and oxygen atoms in total. The molecule has 1 aromatic heterocycles. The van der Waals surface area contributed by atoms with Gasteiger partial charge in [0.25, 0.3) is 0 Å². The Balaban J connectivity index is 1.30. The van der Waals surface area contributed by atoms with E-state index in [0.717, 1.165) is 22.3 Å². The van der Waals surface area contributed by atoms with E-state index in [-0.39, 0.29) is 38.1 Å². The topological polar surface area (TPSA) is 126 Å². The number of H-pyrrole nitrogens is 1. The van der Waals surface area contributed by atoms with Gasteiger partial charge in [-0.05, 0) is 47.7 Å². The average Bonchev–Trinajstić information content (AvgIpc) is 3.64. The summed E-state index contributed by atoms with van der Waals surface area (Å²) in [7, 11) is 0. The van der Waals surface area contributed by atoms with Gasteiger partial charge in [0.1, 0.15) is 25.0 Å². The zero-order chi connectivity index (χ0) is 34.3. The summed E-state index contributed by atoms with van der Waals surface area (Å²) in [5, 5.41) is 5.74. The van der Waals surface area contributed by atoms with E-state index in [1.165, 1.54) is 11.2 Å². The molecular formula is C39H41N5O5. The second-order valence-electron chi connectivity index (χ2n) is 11.8. The summed E-state index contributed by atoms with van der Waals surface area (Å²) in [5.74, 6) is -0.0862. The molecule has 0 saturated heterocycles. The molecule has 3 N–H and O–H groups in total. The van der Waals surface area contributed by atoms with Crippen molar-refractivity contribution in [1.82, 2.24) is 25.5 Å². The molecule has 0 radical (unpaired) electrons. The molecule has 0 unspecified atom stereocenters. The van der Waals surface area contributed by atoms with E-state index < -0.39 is 18.0 Å². The quantitative estimate of drug-likeness (QED) is 0.127. The Labute approximate surface area is 286 Å². The molecule has 0 bridgehead atoms. The van der Waals surface area contributed by atoms with Gasteiger partial charge in [-0.15, -0.1) is 0 Å². The Morgan fingerprint density at radius 1 is 0.735 bits per heavy atom. The van der Waals surface area contributed by atoms with Crippen LogP contribution in [0.25, 0.3) is 0 Å². The van der Waals surface area contributed by atoms with E-state index in [9.17, 15) is 14.4 Å². The first-order valence-corrected chi connectivity index (χ1v) is 16.2. The normalized spacial score (nSPS) is 11.9. The van der Waals surface area contributed by atoms with Crippen LogP contribution < -0.4 is 15.4 Å². The third kappa shape index (κ3) is 11.4. The number of aromatic nitrogens is 2. The van der Waals surface area contributed by atoms with Crippen molar-refractivity contribution in [2.75, 3.05) is 6.54 Å². The average molecular weight is 660 g/mol. The summed E-state index contributed by atoms with van der Waals surface area (Å²) in [6, 6.07) is 35.2. The highest BCUT2D eigenvalue weighted by Crippen LogP contribution is 2.17. The van der Waals surface area contributed by atoms with Crippen molar-refractivity contribution in [2.45, 2.75) is 51.6 Å². The lowest BCUT2D eigenvalue weighted by Crippen LogP contribution is -2.52. The highest BCUT2D eigenvalue weighted by atomic mass is 16.5. The fourth-order valence-electron chi connectivity index (χ4n) is 5.32. The van der Waals surface area contributed by atoms with Crippen LogP contribution in [0.2, 0.25) is 0 Å². The van der Waals surface area contributed by atoms with Crippen molar-refractivity contribution < 1.29 is 23.9 Å². The minimum atomic E-state index is -1.05. The number of imidazole rings is 1. The molecular weight excluding hydrogens is 618 g/mol. The van der Waals surface area contributed by atoms with Crippen LogP contribution in [0.5, 0.6) is 5.75 Å². The van der Waals surface area contributed by atoms with Crippen molar-refractivity contribution >= 4 is 17.9 Å². The van der Waals surface area contributed by atoms with Crippen LogP contribution in [-0.2, 0) is 46.9 Å². The third-order valence-corrected chi connectivity index (χ3v) is 7.75. The van der Waals surface area contributed by atoms with Crippen LogP contribution in [0.1, 0.15) is 34.9 Å². The summed E-state index contributed by atoms with van der Waals surface area (Å²) in [4.78, 5) is 49.2. The molecule has 0 fully saturated rings. The minimum Gasteiger partial charge on any atom is -0.489 e. The lowest BCUT2D eigenvalue weighted by Gasteiger charge is -2.28. The number of ether oxygens (including phenoxy) is 2. The Morgan fingerprint density at radius 2 is 1.35 bits per heavy atom. The first kappa shape index (κ1) is 34.4. The maximum absolute atomic E-state index is 14.2. The third-order valence-electron chi connectivity index (χ3n) is 7.75. The van der Waals surface area contributed by atoms with Gasteiger partial charge in [-0.3, -0.25) is 9.59 Å². The second kappa shape index (κ2) is 17.9. The number of benzene rings is 4. The molecule has 5 aromatic rings. The largest absolute Gasteiger partial charge is 0.489 e. The zero-order valence-corrected chi connectivity index (χ0v) is 27.5. The van der Waals surface area contributed by atoms with Gasteiger partial charge in [0.05, 0.1) is 18.6 Å². The predicted octanol–water partition coefficient (Wildman–Crippen LogP) is 5.60. The van der Waals surface area contributed by atoms with E-state index >= 15 is 0 Å². The lowest BCUT2D eigenvalue weighted by atomic mass is 10.1. The van der Waals surface area contributed by atoms with Gasteiger partial charge < -0.3 is 30.0 Å². The highest BCUT2D eigenvalue weighted by Gasteiger charge is 2.29. The number of alkyl carbamates (subject to hydrolysis) is 1. The maximum atomic E-state index is 14.2.